The van der Waals surface area contributed by atoms with Crippen LogP contribution in [-0.2, 0) is 10.0 Å². The molecule has 4 N–H and O–H groups in total. The van der Waals surface area contributed by atoms with Crippen LogP contribution in [0, 0.1) is 5.92 Å². The lowest BCUT2D eigenvalue weighted by atomic mass is 10.0. The zero-order valence-electron chi connectivity index (χ0n) is 13.0. The highest BCUT2D eigenvalue weighted by Gasteiger charge is 2.24. The normalized spacial score (nSPS) is 13.7. The van der Waals surface area contributed by atoms with E-state index in [1.807, 2.05) is 19.0 Å². The number of hydrogen-bond donors (Lipinski definition) is 3. The van der Waals surface area contributed by atoms with E-state index in [9.17, 15) is 8.42 Å². The lowest BCUT2D eigenvalue weighted by Crippen LogP contribution is -2.42. The molecule has 0 aliphatic heterocycles. The Hall–Kier alpha value is -1.22. The fourth-order valence-electron chi connectivity index (χ4n) is 2.16. The average Bonchev–Trinajstić information content (AvgIpc) is 2.36. The third kappa shape index (κ3) is 5.58. The fraction of sp³-hybridized carbons (Fsp3) is 0.615. The van der Waals surface area contributed by atoms with Crippen LogP contribution in [0.3, 0.4) is 0 Å². The molecule has 0 aliphatic rings. The Kier molecular flexibility index (Phi) is 6.53. The van der Waals surface area contributed by atoms with E-state index in [1.165, 1.54) is 6.20 Å². The first-order valence-electron chi connectivity index (χ1n) is 6.85. The molecule has 1 aromatic heterocycles. The molecule has 0 fully saturated rings. The van der Waals surface area contributed by atoms with Gasteiger partial charge in [-0.2, -0.15) is 0 Å². The predicted molar refractivity (Wildman–Crippen MR) is 84.2 cm³/mol. The van der Waals surface area contributed by atoms with Crippen LogP contribution >= 0.6 is 0 Å². The quantitative estimate of drug-likeness (QED) is 0.480. The number of aromatic nitrogens is 1. The summed E-state index contributed by atoms with van der Waals surface area (Å²) in [5.74, 6) is 5.73. The Morgan fingerprint density at radius 2 is 2.05 bits per heavy atom. The highest BCUT2D eigenvalue weighted by molar-refractivity contribution is 7.89. The zero-order valence-corrected chi connectivity index (χ0v) is 13.8. The van der Waals surface area contributed by atoms with Crippen LogP contribution in [0.4, 0.5) is 5.69 Å². The summed E-state index contributed by atoms with van der Waals surface area (Å²) < 4.78 is 27.7. The van der Waals surface area contributed by atoms with Crippen LogP contribution < -0.4 is 16.0 Å². The van der Waals surface area contributed by atoms with Gasteiger partial charge in [-0.15, -0.1) is 0 Å². The van der Waals surface area contributed by atoms with Crippen molar-refractivity contribution < 1.29 is 8.42 Å². The van der Waals surface area contributed by atoms with E-state index >= 15 is 0 Å². The fourth-order valence-corrected chi connectivity index (χ4v) is 3.50. The van der Waals surface area contributed by atoms with Crippen LogP contribution in [0.25, 0.3) is 0 Å². The SMILES string of the molecule is CC(C)CC(CN(C)C)NS(=O)(=O)c1ncccc1NN. The van der Waals surface area contributed by atoms with E-state index in [4.69, 9.17) is 5.84 Å². The number of pyridine rings is 1. The molecule has 1 rings (SSSR count). The highest BCUT2D eigenvalue weighted by Crippen LogP contribution is 2.18. The minimum Gasteiger partial charge on any atom is -0.321 e. The van der Waals surface area contributed by atoms with Gasteiger partial charge in [-0.3, -0.25) is 5.84 Å². The third-order valence-electron chi connectivity index (χ3n) is 2.84. The van der Waals surface area contributed by atoms with Crippen molar-refractivity contribution in [3.05, 3.63) is 18.3 Å². The summed E-state index contributed by atoms with van der Waals surface area (Å²) in [6.07, 6.45) is 2.18. The van der Waals surface area contributed by atoms with E-state index in [0.717, 1.165) is 6.42 Å². The van der Waals surface area contributed by atoms with Crippen molar-refractivity contribution in [2.24, 2.45) is 11.8 Å². The molecule has 0 aromatic carbocycles. The van der Waals surface area contributed by atoms with Crippen LogP contribution in [-0.4, -0.2) is 45.0 Å². The molecule has 21 heavy (non-hydrogen) atoms. The smallest absolute Gasteiger partial charge is 0.260 e. The molecule has 8 heteroatoms. The van der Waals surface area contributed by atoms with Gasteiger partial charge in [-0.25, -0.2) is 18.1 Å². The molecule has 0 radical (unpaired) electrons. The summed E-state index contributed by atoms with van der Waals surface area (Å²) in [4.78, 5) is 5.88. The van der Waals surface area contributed by atoms with Gasteiger partial charge >= 0.3 is 0 Å². The maximum Gasteiger partial charge on any atom is 0.260 e. The predicted octanol–water partition coefficient (Wildman–Crippen LogP) is 0.622. The number of anilines is 1. The Labute approximate surface area is 127 Å². The van der Waals surface area contributed by atoms with Crippen molar-refractivity contribution in [3.63, 3.8) is 0 Å². The summed E-state index contributed by atoms with van der Waals surface area (Å²) in [5.41, 5.74) is 2.64. The van der Waals surface area contributed by atoms with Gasteiger partial charge in [0, 0.05) is 18.8 Å². The Morgan fingerprint density at radius 1 is 1.38 bits per heavy atom. The zero-order chi connectivity index (χ0) is 16.0. The van der Waals surface area contributed by atoms with E-state index in [1.54, 1.807) is 12.1 Å². The van der Waals surface area contributed by atoms with Crippen LogP contribution in [0.15, 0.2) is 23.4 Å². The molecule has 0 saturated heterocycles. The Balaban J connectivity index is 2.99. The molecule has 0 saturated carbocycles. The summed E-state index contributed by atoms with van der Waals surface area (Å²) in [6, 6.07) is 3.02. The maximum atomic E-state index is 12.5. The average molecular weight is 315 g/mol. The molecule has 7 nitrogen and oxygen atoms in total. The monoisotopic (exact) mass is 315 g/mol. The van der Waals surface area contributed by atoms with E-state index in [0.29, 0.717) is 12.5 Å². The second kappa shape index (κ2) is 7.69. The van der Waals surface area contributed by atoms with Gasteiger partial charge in [0.15, 0.2) is 5.03 Å². The molecular formula is C13H25N5O2S. The molecule has 1 aromatic rings. The van der Waals surface area contributed by atoms with E-state index < -0.39 is 10.0 Å². The second-order valence-electron chi connectivity index (χ2n) is 5.71. The van der Waals surface area contributed by atoms with Gasteiger partial charge in [0.05, 0.1) is 5.69 Å². The first kappa shape index (κ1) is 17.8. The molecule has 0 spiro atoms. The van der Waals surface area contributed by atoms with Gasteiger partial charge in [-0.1, -0.05) is 13.8 Å². The van der Waals surface area contributed by atoms with Gasteiger partial charge in [0.1, 0.15) is 0 Å². The molecule has 1 heterocycles. The minimum absolute atomic E-state index is 0.0833. The Bertz CT molecular complexity index is 535. The third-order valence-corrected chi connectivity index (χ3v) is 4.32. The molecule has 0 bridgehead atoms. The largest absolute Gasteiger partial charge is 0.321 e. The number of nitrogen functional groups attached to an aromatic ring is 1. The molecule has 120 valence electrons. The van der Waals surface area contributed by atoms with Crippen molar-refractivity contribution >= 4 is 15.7 Å². The Morgan fingerprint density at radius 3 is 2.57 bits per heavy atom. The number of rotatable bonds is 8. The maximum absolute atomic E-state index is 12.5. The number of sulfonamides is 1. The summed E-state index contributed by atoms with van der Waals surface area (Å²) in [5, 5.41) is -0.0833. The molecular weight excluding hydrogens is 290 g/mol. The van der Waals surface area contributed by atoms with Gasteiger partial charge in [0.25, 0.3) is 10.0 Å². The first-order chi connectivity index (χ1) is 9.76. The molecule has 1 atom stereocenters. The summed E-state index contributed by atoms with van der Waals surface area (Å²) >= 11 is 0. The number of nitrogens with zero attached hydrogens (tertiary/aromatic N) is 2. The minimum atomic E-state index is -3.72. The number of likely N-dealkylation sites (N-methyl/N-ethyl adjacent to an activating group) is 1. The summed E-state index contributed by atoms with van der Waals surface area (Å²) in [7, 11) is 0.100. The molecule has 1 unspecified atom stereocenters. The van der Waals surface area contributed by atoms with Gasteiger partial charge in [-0.05, 0) is 38.6 Å². The van der Waals surface area contributed by atoms with Crippen molar-refractivity contribution in [1.82, 2.24) is 14.6 Å². The van der Waals surface area contributed by atoms with Crippen molar-refractivity contribution in [2.45, 2.75) is 31.3 Å². The van der Waals surface area contributed by atoms with Crippen molar-refractivity contribution in [1.29, 1.82) is 0 Å². The highest BCUT2D eigenvalue weighted by atomic mass is 32.2. The standard InChI is InChI=1S/C13H25N5O2S/c1-10(2)8-11(9-18(3)4)17-21(19,20)13-12(16-14)6-5-7-15-13/h5-7,10-11,16-17H,8-9,14H2,1-4H3. The lowest BCUT2D eigenvalue weighted by molar-refractivity contribution is 0.329. The lowest BCUT2D eigenvalue weighted by Gasteiger charge is -2.24. The number of hydrogen-bond acceptors (Lipinski definition) is 6. The topological polar surface area (TPSA) is 100 Å². The van der Waals surface area contributed by atoms with Crippen LogP contribution in [0.1, 0.15) is 20.3 Å². The van der Waals surface area contributed by atoms with Crippen LogP contribution in [0.5, 0.6) is 0 Å². The van der Waals surface area contributed by atoms with Crippen molar-refractivity contribution in [3.8, 4) is 0 Å². The van der Waals surface area contributed by atoms with Gasteiger partial charge < -0.3 is 10.3 Å². The first-order valence-corrected chi connectivity index (χ1v) is 8.33. The van der Waals surface area contributed by atoms with Crippen molar-refractivity contribution in [2.75, 3.05) is 26.1 Å². The number of nitrogens with one attached hydrogen (secondary N) is 2. The van der Waals surface area contributed by atoms with E-state index in [-0.39, 0.29) is 16.8 Å². The number of nitrogens with two attached hydrogens (primary N) is 1. The number of hydrazine groups is 1. The van der Waals surface area contributed by atoms with Gasteiger partial charge in [0.2, 0.25) is 0 Å². The summed E-state index contributed by atoms with van der Waals surface area (Å²) in [6.45, 7) is 4.74. The molecule has 0 aliphatic carbocycles. The van der Waals surface area contributed by atoms with Crippen LogP contribution in [0.2, 0.25) is 0 Å². The molecule has 0 amide bonds. The second-order valence-corrected chi connectivity index (χ2v) is 7.34. The van der Waals surface area contributed by atoms with E-state index in [2.05, 4.69) is 29.0 Å².